The van der Waals surface area contributed by atoms with Crippen LogP contribution < -0.4 is 20.7 Å². The van der Waals surface area contributed by atoms with Crippen LogP contribution in [0.5, 0.6) is 5.75 Å². The number of rotatable bonds is 9. The van der Waals surface area contributed by atoms with E-state index in [2.05, 4.69) is 29.2 Å². The molecule has 1 unspecified atom stereocenters. The molecule has 3 rings (SSSR count). The van der Waals surface area contributed by atoms with Gasteiger partial charge in [-0.2, -0.15) is 4.79 Å². The van der Waals surface area contributed by atoms with Crippen molar-refractivity contribution < 1.29 is 57.5 Å². The van der Waals surface area contributed by atoms with Crippen molar-refractivity contribution >= 4 is 48.3 Å². The van der Waals surface area contributed by atoms with Crippen LogP contribution in [-0.4, -0.2) is 142 Å². The van der Waals surface area contributed by atoms with Gasteiger partial charge in [-0.25, -0.2) is 4.79 Å². The maximum absolute atomic E-state index is 14.9. The molecule has 350 valence electrons. The third-order valence-corrected chi connectivity index (χ3v) is 11.7. The quantitative estimate of drug-likeness (QED) is 0.122. The van der Waals surface area contributed by atoms with Crippen molar-refractivity contribution in [2.45, 2.75) is 161 Å². The SMILES string of the molecule is C=C[C@H]1OC(=O)[C@H](Cc2ccc(OC)cc2)N(C)C(=O)C2(C)CCCN2C(=O)[C@H](CC(C)C)NC(=O)C(C)(C)NC(=O)C[C@H](O)[C@@H]([C@@H](C)CC)NC(=O)[C@H]1[N+](=C)C(=O)OC(C)(C)C. The molecule has 2 heterocycles. The zero-order valence-electron chi connectivity index (χ0n) is 39.2. The second kappa shape index (κ2) is 21.4. The lowest BCUT2D eigenvalue weighted by Gasteiger charge is -2.41. The maximum atomic E-state index is 14.9. The number of hydrogen-bond donors (Lipinski definition) is 4. The molecule has 0 aliphatic carbocycles. The number of amides is 6. The van der Waals surface area contributed by atoms with Crippen LogP contribution in [0.3, 0.4) is 0 Å². The third kappa shape index (κ3) is 13.1. The summed E-state index contributed by atoms with van der Waals surface area (Å²) in [6.07, 6.45) is -2.34. The van der Waals surface area contributed by atoms with Crippen LogP contribution >= 0.6 is 0 Å². The van der Waals surface area contributed by atoms with Crippen molar-refractivity contribution in [1.29, 1.82) is 0 Å². The number of ether oxygens (including phenoxy) is 3. The first kappa shape index (κ1) is 52.0. The third-order valence-electron chi connectivity index (χ3n) is 11.7. The summed E-state index contributed by atoms with van der Waals surface area (Å²) >= 11 is 0. The molecule has 1 aromatic rings. The standard InChI is InChI=1S/C46H70N6O11/c1-15-28(5)36-33(53)26-35(54)49-45(9,10)41(58)47-31(24-27(3)4)39(56)52-23-17-22-46(52,11)42(59)50(12)32(25-29-18-20-30(61-14)21-19-29)40(57)62-34(16-2)37(38(55)48-36)51(13)43(60)63-44(6,7)8/h16,18-21,27-28,31-34,36-37,53H,2,13,15,17,22-26H2,1,3-12,14H3,(H2-,47,48,49,54,55,58)/p+1/t28-,31-,32-,33-,34+,36+,37-,46?/m0/s1. The molecular weight excluding hydrogens is 813 g/mol. The summed E-state index contributed by atoms with van der Waals surface area (Å²) in [7, 11) is 2.94. The minimum atomic E-state index is -1.74. The van der Waals surface area contributed by atoms with Gasteiger partial charge in [-0.15, -0.1) is 4.58 Å². The molecule has 0 bridgehead atoms. The number of aliphatic hydroxyl groups is 1. The van der Waals surface area contributed by atoms with Gasteiger partial charge in [-0.1, -0.05) is 52.8 Å². The van der Waals surface area contributed by atoms with Crippen LogP contribution in [0.1, 0.15) is 107 Å². The van der Waals surface area contributed by atoms with Crippen molar-refractivity contribution in [2.24, 2.45) is 11.8 Å². The molecule has 6 amide bonds. The molecule has 17 nitrogen and oxygen atoms in total. The van der Waals surface area contributed by atoms with Crippen molar-refractivity contribution in [3.63, 3.8) is 0 Å². The van der Waals surface area contributed by atoms with Gasteiger partial charge in [-0.05, 0) is 96.4 Å². The van der Waals surface area contributed by atoms with Gasteiger partial charge in [0, 0.05) is 20.0 Å². The number of benzene rings is 1. The Labute approximate surface area is 372 Å². The summed E-state index contributed by atoms with van der Waals surface area (Å²) in [6.45, 7) is 24.6. The average Bonchev–Trinajstić information content (AvgIpc) is 3.60. The Bertz CT molecular complexity index is 1880. The van der Waals surface area contributed by atoms with E-state index in [4.69, 9.17) is 14.2 Å². The summed E-state index contributed by atoms with van der Waals surface area (Å²) in [5.41, 5.74) is -3.48. The van der Waals surface area contributed by atoms with Crippen LogP contribution in [-0.2, 0) is 44.7 Å². The zero-order chi connectivity index (χ0) is 47.8. The molecule has 2 aliphatic rings. The first-order valence-corrected chi connectivity index (χ1v) is 21.7. The highest BCUT2D eigenvalue weighted by Gasteiger charge is 2.52. The van der Waals surface area contributed by atoms with E-state index in [-0.39, 0.29) is 31.7 Å². The molecule has 0 radical (unpaired) electrons. The molecule has 2 aliphatic heterocycles. The van der Waals surface area contributed by atoms with Crippen LogP contribution in [0.15, 0.2) is 36.9 Å². The number of esters is 1. The highest BCUT2D eigenvalue weighted by molar-refractivity contribution is 5.98. The van der Waals surface area contributed by atoms with Gasteiger partial charge in [0.2, 0.25) is 23.6 Å². The second-order valence-electron chi connectivity index (χ2n) is 18.9. The number of hydrogen-bond acceptors (Lipinski definition) is 11. The smallest absolute Gasteiger partial charge is 0.497 e. The van der Waals surface area contributed by atoms with Crippen LogP contribution in [0.4, 0.5) is 4.79 Å². The maximum Gasteiger partial charge on any atom is 0.597 e. The fourth-order valence-electron chi connectivity index (χ4n) is 7.89. The van der Waals surface area contributed by atoms with Gasteiger partial charge in [-0.3, -0.25) is 24.0 Å². The van der Waals surface area contributed by atoms with Gasteiger partial charge >= 0.3 is 12.1 Å². The Morgan fingerprint density at radius 2 is 1.68 bits per heavy atom. The van der Waals surface area contributed by atoms with Crippen molar-refractivity contribution in [1.82, 2.24) is 25.8 Å². The minimum Gasteiger partial charge on any atom is -0.497 e. The van der Waals surface area contributed by atoms with Gasteiger partial charge in [0.1, 0.15) is 41.2 Å². The second-order valence-corrected chi connectivity index (χ2v) is 18.9. The summed E-state index contributed by atoms with van der Waals surface area (Å²) in [5.74, 6) is -4.38. The Balaban J connectivity index is 2.30. The van der Waals surface area contributed by atoms with E-state index >= 15 is 0 Å². The topological polar surface area (TPSA) is 213 Å². The molecule has 0 aromatic heterocycles. The number of nitrogens with zero attached hydrogens (tertiary/aromatic N) is 3. The summed E-state index contributed by atoms with van der Waals surface area (Å²) < 4.78 is 17.7. The number of cyclic esters (lactones) is 1. The van der Waals surface area contributed by atoms with E-state index in [9.17, 15) is 38.7 Å². The van der Waals surface area contributed by atoms with Crippen molar-refractivity contribution in [3.05, 3.63) is 42.5 Å². The Hall–Kier alpha value is -5.32. The summed E-state index contributed by atoms with van der Waals surface area (Å²) in [4.78, 5) is 103. The molecule has 8 atom stereocenters. The highest BCUT2D eigenvalue weighted by Crippen LogP contribution is 2.33. The molecule has 0 spiro atoms. The molecule has 2 saturated heterocycles. The van der Waals surface area contributed by atoms with Gasteiger partial charge in [0.15, 0.2) is 6.10 Å². The minimum absolute atomic E-state index is 0.0728. The number of fused-ring (bicyclic) bond motifs is 1. The molecule has 63 heavy (non-hydrogen) atoms. The van der Waals surface area contributed by atoms with E-state index in [0.717, 1.165) is 6.08 Å². The van der Waals surface area contributed by atoms with Gasteiger partial charge in [0.25, 0.3) is 11.9 Å². The lowest BCUT2D eigenvalue weighted by Crippen LogP contribution is -2.64. The average molecular weight is 884 g/mol. The van der Waals surface area contributed by atoms with Gasteiger partial charge in [0.05, 0.1) is 25.7 Å². The van der Waals surface area contributed by atoms with Crippen LogP contribution in [0, 0.1) is 11.8 Å². The van der Waals surface area contributed by atoms with E-state index in [0.29, 0.717) is 28.7 Å². The number of aliphatic hydroxyl groups excluding tert-OH is 1. The fraction of sp³-hybridized carbons (Fsp3) is 0.652. The molecule has 1 aromatic carbocycles. The zero-order valence-corrected chi connectivity index (χ0v) is 39.2. The largest absolute Gasteiger partial charge is 0.597 e. The van der Waals surface area contributed by atoms with E-state index in [1.165, 1.54) is 37.8 Å². The first-order chi connectivity index (χ1) is 29.2. The van der Waals surface area contributed by atoms with Gasteiger partial charge < -0.3 is 45.1 Å². The predicted octanol–water partition coefficient (Wildman–Crippen LogP) is 3.28. The van der Waals surface area contributed by atoms with E-state index in [1.54, 1.807) is 58.9 Å². The van der Waals surface area contributed by atoms with Crippen molar-refractivity contribution in [3.8, 4) is 5.75 Å². The number of likely N-dealkylation sites (N-methyl/N-ethyl adjacent to an activating group) is 1. The molecule has 2 fully saturated rings. The van der Waals surface area contributed by atoms with E-state index < -0.39 is 107 Å². The Morgan fingerprint density at radius 3 is 2.22 bits per heavy atom. The lowest BCUT2D eigenvalue weighted by molar-refractivity contribution is -0.479. The highest BCUT2D eigenvalue weighted by atomic mass is 16.6. The van der Waals surface area contributed by atoms with E-state index in [1.807, 2.05) is 20.8 Å². The summed E-state index contributed by atoms with van der Waals surface area (Å²) in [5, 5.41) is 19.8. The number of carbonyl (C=O) groups excluding carboxylic acids is 7. The first-order valence-electron chi connectivity index (χ1n) is 21.7. The van der Waals surface area contributed by atoms with Crippen LogP contribution in [0.2, 0.25) is 0 Å². The Kier molecular flexibility index (Phi) is 17.6. The molecular formula is C46H71N6O11+. The summed E-state index contributed by atoms with van der Waals surface area (Å²) in [6, 6.07) is 1.53. The van der Waals surface area contributed by atoms with Crippen molar-refractivity contribution in [2.75, 3.05) is 20.7 Å². The molecule has 0 saturated carbocycles. The lowest BCUT2D eigenvalue weighted by atomic mass is 9.91. The number of nitrogens with one attached hydrogen (secondary N) is 3. The van der Waals surface area contributed by atoms with Crippen LogP contribution in [0.25, 0.3) is 0 Å². The predicted molar refractivity (Wildman–Crippen MR) is 236 cm³/mol. The number of methoxy groups -OCH3 is 1. The molecule has 17 heteroatoms. The fourth-order valence-corrected chi connectivity index (χ4v) is 7.89. The normalized spacial score (nSPS) is 27.5. The monoisotopic (exact) mass is 884 g/mol. The Morgan fingerprint density at radius 1 is 1.06 bits per heavy atom. The number of carbonyl (C=O) groups is 7. The molecule has 4 N–H and O–H groups in total.